The van der Waals surface area contributed by atoms with E-state index in [4.69, 9.17) is 0 Å². The van der Waals surface area contributed by atoms with Crippen LogP contribution in [0.1, 0.15) is 36.8 Å². The van der Waals surface area contributed by atoms with Gasteiger partial charge in [0.25, 0.3) is 0 Å². The molecule has 3 heteroatoms. The van der Waals surface area contributed by atoms with Gasteiger partial charge >= 0.3 is 0 Å². The van der Waals surface area contributed by atoms with E-state index in [1.54, 1.807) is 0 Å². The molecule has 0 radical (unpaired) electrons. The summed E-state index contributed by atoms with van der Waals surface area (Å²) in [5.74, 6) is 0.836. The number of amides is 1. The minimum absolute atomic E-state index is 0.193. The smallest absolute Gasteiger partial charge is 0.220 e. The summed E-state index contributed by atoms with van der Waals surface area (Å²) in [6.45, 7) is 0.645. The Kier molecular flexibility index (Phi) is 4.60. The summed E-state index contributed by atoms with van der Waals surface area (Å²) in [6.07, 6.45) is 4.46. The summed E-state index contributed by atoms with van der Waals surface area (Å²) in [5, 5.41) is 3.85. The van der Waals surface area contributed by atoms with Gasteiger partial charge in [0.15, 0.2) is 0 Å². The van der Waals surface area contributed by atoms with E-state index in [0.29, 0.717) is 18.9 Å². The molecule has 0 unspecified atom stereocenters. The Morgan fingerprint density at radius 3 is 2.76 bits per heavy atom. The normalized spacial score (nSPS) is 15.4. The average Bonchev–Trinajstić information content (AvgIpc) is 2.31. The van der Waals surface area contributed by atoms with Gasteiger partial charge in [-0.1, -0.05) is 46.6 Å². The van der Waals surface area contributed by atoms with E-state index in [1.165, 1.54) is 30.4 Å². The fourth-order valence-corrected chi connectivity index (χ4v) is 2.40. The third-order valence-electron chi connectivity index (χ3n) is 3.33. The first-order valence-electron chi connectivity index (χ1n) is 6.18. The number of carbonyl (C=O) groups excluding carboxylic acids is 1. The zero-order chi connectivity index (χ0) is 12.1. The molecule has 0 aromatic heterocycles. The first-order chi connectivity index (χ1) is 8.28. The molecule has 92 valence electrons. The van der Waals surface area contributed by atoms with E-state index in [0.717, 1.165) is 5.33 Å². The van der Waals surface area contributed by atoms with Gasteiger partial charge in [-0.25, -0.2) is 0 Å². The zero-order valence-corrected chi connectivity index (χ0v) is 11.5. The molecule has 1 amide bonds. The maximum Gasteiger partial charge on any atom is 0.220 e. The minimum atomic E-state index is 0.193. The molecule has 1 saturated carbocycles. The maximum absolute atomic E-state index is 11.7. The second-order valence-electron chi connectivity index (χ2n) is 4.73. The van der Waals surface area contributed by atoms with Crippen molar-refractivity contribution in [3.05, 3.63) is 35.4 Å². The lowest BCUT2D eigenvalue weighted by Gasteiger charge is -2.24. The quantitative estimate of drug-likeness (QED) is 0.829. The van der Waals surface area contributed by atoms with E-state index in [9.17, 15) is 4.79 Å². The van der Waals surface area contributed by atoms with Gasteiger partial charge in [-0.05, 0) is 29.9 Å². The van der Waals surface area contributed by atoms with Crippen LogP contribution < -0.4 is 5.32 Å². The molecule has 0 heterocycles. The molecule has 1 N–H and O–H groups in total. The Morgan fingerprint density at radius 1 is 1.35 bits per heavy atom. The van der Waals surface area contributed by atoms with Gasteiger partial charge in [-0.2, -0.15) is 0 Å². The van der Waals surface area contributed by atoms with Crippen LogP contribution in [0.25, 0.3) is 0 Å². The molecule has 0 atom stereocenters. The summed E-state index contributed by atoms with van der Waals surface area (Å²) in [7, 11) is 0. The zero-order valence-electron chi connectivity index (χ0n) is 9.92. The van der Waals surface area contributed by atoms with Crippen LogP contribution in [-0.2, 0) is 16.7 Å². The van der Waals surface area contributed by atoms with Gasteiger partial charge in [0, 0.05) is 18.3 Å². The van der Waals surface area contributed by atoms with E-state index >= 15 is 0 Å². The average molecular weight is 296 g/mol. The second kappa shape index (κ2) is 6.20. The Labute approximate surface area is 111 Å². The Bertz CT molecular complexity index is 388. The van der Waals surface area contributed by atoms with Crippen molar-refractivity contribution < 1.29 is 4.79 Å². The number of benzene rings is 1. The van der Waals surface area contributed by atoms with Gasteiger partial charge < -0.3 is 5.32 Å². The van der Waals surface area contributed by atoms with Crippen LogP contribution in [0.15, 0.2) is 24.3 Å². The van der Waals surface area contributed by atoms with Crippen molar-refractivity contribution in [2.75, 3.05) is 0 Å². The van der Waals surface area contributed by atoms with Crippen molar-refractivity contribution in [3.8, 4) is 0 Å². The van der Waals surface area contributed by atoms with Crippen LogP contribution in [0, 0.1) is 5.92 Å². The van der Waals surface area contributed by atoms with Gasteiger partial charge in [0.2, 0.25) is 5.91 Å². The lowest BCUT2D eigenvalue weighted by atomic mass is 9.83. The summed E-state index contributed by atoms with van der Waals surface area (Å²) >= 11 is 3.43. The summed E-state index contributed by atoms with van der Waals surface area (Å²) in [6, 6.07) is 8.28. The molecular formula is C14H18BrNO. The third-order valence-corrected chi connectivity index (χ3v) is 3.98. The fraction of sp³-hybridized carbons (Fsp3) is 0.500. The predicted octanol–water partition coefficient (Wildman–Crippen LogP) is 3.39. The molecule has 0 bridgehead atoms. The van der Waals surface area contributed by atoms with E-state index in [-0.39, 0.29) is 5.91 Å². The summed E-state index contributed by atoms with van der Waals surface area (Å²) in [5.41, 5.74) is 2.42. The number of alkyl halides is 1. The molecule has 0 spiro atoms. The van der Waals surface area contributed by atoms with Crippen molar-refractivity contribution in [2.45, 2.75) is 37.6 Å². The highest BCUT2D eigenvalue weighted by Gasteiger charge is 2.20. The topological polar surface area (TPSA) is 29.1 Å². The number of nitrogens with one attached hydrogen (secondary N) is 1. The molecule has 2 nitrogen and oxygen atoms in total. The number of carbonyl (C=O) groups is 1. The van der Waals surface area contributed by atoms with Gasteiger partial charge in [-0.3, -0.25) is 4.79 Å². The van der Waals surface area contributed by atoms with Crippen LogP contribution >= 0.6 is 15.9 Å². The first-order valence-corrected chi connectivity index (χ1v) is 7.30. The SMILES string of the molecule is O=C(CC1CCC1)NCc1cccc(CBr)c1. The third kappa shape index (κ3) is 3.84. The molecule has 0 aliphatic heterocycles. The van der Waals surface area contributed by atoms with Crippen LogP contribution in [0.5, 0.6) is 0 Å². The highest BCUT2D eigenvalue weighted by Crippen LogP contribution is 2.29. The van der Waals surface area contributed by atoms with Crippen LogP contribution in [0.2, 0.25) is 0 Å². The molecular weight excluding hydrogens is 278 g/mol. The van der Waals surface area contributed by atoms with Crippen LogP contribution in [-0.4, -0.2) is 5.91 Å². The van der Waals surface area contributed by atoms with Gasteiger partial charge in [0.05, 0.1) is 0 Å². The molecule has 0 saturated heterocycles. The second-order valence-corrected chi connectivity index (χ2v) is 5.29. The van der Waals surface area contributed by atoms with E-state index in [1.807, 2.05) is 6.07 Å². The van der Waals surface area contributed by atoms with Crippen molar-refractivity contribution >= 4 is 21.8 Å². The van der Waals surface area contributed by atoms with Crippen molar-refractivity contribution in [1.82, 2.24) is 5.32 Å². The van der Waals surface area contributed by atoms with Gasteiger partial charge in [-0.15, -0.1) is 0 Å². The largest absolute Gasteiger partial charge is 0.352 e. The highest BCUT2D eigenvalue weighted by molar-refractivity contribution is 9.08. The predicted molar refractivity (Wildman–Crippen MR) is 72.9 cm³/mol. The summed E-state index contributed by atoms with van der Waals surface area (Å²) in [4.78, 5) is 11.7. The van der Waals surface area contributed by atoms with Crippen molar-refractivity contribution in [3.63, 3.8) is 0 Å². The van der Waals surface area contributed by atoms with Gasteiger partial charge in [0.1, 0.15) is 0 Å². The number of rotatable bonds is 5. The number of halogens is 1. The number of hydrogen-bond donors (Lipinski definition) is 1. The van der Waals surface area contributed by atoms with Crippen molar-refractivity contribution in [2.24, 2.45) is 5.92 Å². The molecule has 2 rings (SSSR count). The standard InChI is InChI=1S/C14H18BrNO/c15-9-12-5-2-6-13(7-12)10-16-14(17)8-11-3-1-4-11/h2,5-7,11H,1,3-4,8-10H2,(H,16,17). The molecule has 1 aliphatic carbocycles. The Balaban J connectivity index is 1.77. The number of hydrogen-bond acceptors (Lipinski definition) is 1. The lowest BCUT2D eigenvalue weighted by Crippen LogP contribution is -2.27. The minimum Gasteiger partial charge on any atom is -0.352 e. The Hall–Kier alpha value is -0.830. The molecule has 1 aromatic rings. The molecule has 1 aromatic carbocycles. The molecule has 1 aliphatic rings. The monoisotopic (exact) mass is 295 g/mol. The maximum atomic E-state index is 11.7. The Morgan fingerprint density at radius 2 is 2.12 bits per heavy atom. The van der Waals surface area contributed by atoms with Crippen molar-refractivity contribution in [1.29, 1.82) is 0 Å². The van der Waals surface area contributed by atoms with Crippen LogP contribution in [0.4, 0.5) is 0 Å². The lowest BCUT2D eigenvalue weighted by molar-refractivity contribution is -0.122. The van der Waals surface area contributed by atoms with E-state index in [2.05, 4.69) is 39.4 Å². The molecule has 1 fully saturated rings. The highest BCUT2D eigenvalue weighted by atomic mass is 79.9. The molecule has 17 heavy (non-hydrogen) atoms. The first kappa shape index (κ1) is 12.6. The van der Waals surface area contributed by atoms with Crippen LogP contribution in [0.3, 0.4) is 0 Å². The van der Waals surface area contributed by atoms with E-state index < -0.39 is 0 Å². The fourth-order valence-electron chi connectivity index (χ4n) is 2.05. The summed E-state index contributed by atoms with van der Waals surface area (Å²) < 4.78 is 0.